The fourth-order valence-electron chi connectivity index (χ4n) is 2.97. The first-order valence-corrected chi connectivity index (χ1v) is 9.07. The number of hydrogen-bond donors (Lipinski definition) is 1. The van der Waals surface area contributed by atoms with Crippen molar-refractivity contribution < 1.29 is 5.11 Å². The van der Waals surface area contributed by atoms with Gasteiger partial charge in [0.15, 0.2) is 0 Å². The molecule has 0 rings (SSSR count). The highest BCUT2D eigenvalue weighted by atomic mass is 31.0. The molecule has 0 aliphatic carbocycles. The summed E-state index contributed by atoms with van der Waals surface area (Å²) in [5.41, 5.74) is 0. The summed E-state index contributed by atoms with van der Waals surface area (Å²) in [4.78, 5) is 0. The van der Waals surface area contributed by atoms with Crippen LogP contribution in [0.3, 0.4) is 0 Å². The molecule has 0 saturated carbocycles. The third kappa shape index (κ3) is 9.85. The van der Waals surface area contributed by atoms with Crippen molar-refractivity contribution in [3.8, 4) is 0 Å². The summed E-state index contributed by atoms with van der Waals surface area (Å²) in [6.07, 6.45) is 12.0. The molecule has 3 atom stereocenters. The number of rotatable bonds is 12. The summed E-state index contributed by atoms with van der Waals surface area (Å²) in [6.45, 7) is 9.01. The fourth-order valence-corrected chi connectivity index (χ4v) is 3.64. The van der Waals surface area contributed by atoms with Crippen molar-refractivity contribution in [2.75, 3.05) is 0 Å². The SMILES string of the molecule is CCCCC(CC)CC(O)(P)CC(CC)CCCC. The Hall–Kier alpha value is 0.390. The molecule has 0 bridgehead atoms. The van der Waals surface area contributed by atoms with Crippen molar-refractivity contribution in [1.29, 1.82) is 0 Å². The van der Waals surface area contributed by atoms with Gasteiger partial charge in [0.1, 0.15) is 0 Å². The van der Waals surface area contributed by atoms with Gasteiger partial charge in [0.05, 0.1) is 5.34 Å². The number of unbranched alkanes of at least 4 members (excludes halogenated alkanes) is 2. The summed E-state index contributed by atoms with van der Waals surface area (Å²) in [5, 5.41) is 10.1. The normalized spacial score (nSPS) is 18.0. The third-order valence-electron chi connectivity index (χ3n) is 4.37. The Labute approximate surface area is 124 Å². The molecule has 0 radical (unpaired) electrons. The molecule has 0 aromatic rings. The van der Waals surface area contributed by atoms with E-state index in [0.29, 0.717) is 11.8 Å². The minimum atomic E-state index is -0.539. The van der Waals surface area contributed by atoms with E-state index in [0.717, 1.165) is 12.8 Å². The summed E-state index contributed by atoms with van der Waals surface area (Å²) < 4.78 is 0. The molecule has 0 heterocycles. The van der Waals surface area contributed by atoms with Gasteiger partial charge in [-0.15, -0.1) is 9.24 Å². The van der Waals surface area contributed by atoms with E-state index in [4.69, 9.17) is 0 Å². The summed E-state index contributed by atoms with van der Waals surface area (Å²) in [5.74, 6) is 1.37. The smallest absolute Gasteiger partial charge is 0.0783 e. The topological polar surface area (TPSA) is 20.2 Å². The summed E-state index contributed by atoms with van der Waals surface area (Å²) >= 11 is 0. The summed E-state index contributed by atoms with van der Waals surface area (Å²) in [6, 6.07) is 0. The first-order chi connectivity index (χ1) is 8.99. The average molecular weight is 288 g/mol. The molecule has 0 fully saturated rings. The highest BCUT2D eigenvalue weighted by molar-refractivity contribution is 7.18. The standard InChI is InChI=1S/C17H37OP/c1-5-9-11-15(7-3)13-17(18,19)14-16(8-4)12-10-6-2/h15-16,18H,5-14,19H2,1-4H3. The molecule has 116 valence electrons. The lowest BCUT2D eigenvalue weighted by atomic mass is 9.86. The van der Waals surface area contributed by atoms with Gasteiger partial charge in [-0.05, 0) is 24.7 Å². The second kappa shape index (κ2) is 11.1. The fraction of sp³-hybridized carbons (Fsp3) is 1.00. The Kier molecular flexibility index (Phi) is 11.3. The highest BCUT2D eigenvalue weighted by Crippen LogP contribution is 2.36. The van der Waals surface area contributed by atoms with Crippen molar-refractivity contribution in [1.82, 2.24) is 0 Å². The molecule has 0 aliphatic rings. The first kappa shape index (κ1) is 19.4. The maximum atomic E-state index is 10.7. The minimum Gasteiger partial charge on any atom is -0.386 e. The highest BCUT2D eigenvalue weighted by Gasteiger charge is 2.27. The zero-order valence-electron chi connectivity index (χ0n) is 13.8. The van der Waals surface area contributed by atoms with E-state index in [9.17, 15) is 5.11 Å². The first-order valence-electron chi connectivity index (χ1n) is 8.50. The molecule has 0 aromatic heterocycles. The lowest BCUT2D eigenvalue weighted by Crippen LogP contribution is -2.27. The van der Waals surface area contributed by atoms with Crippen LogP contribution >= 0.6 is 9.24 Å². The van der Waals surface area contributed by atoms with Crippen LogP contribution in [0.4, 0.5) is 0 Å². The van der Waals surface area contributed by atoms with Crippen LogP contribution in [0.1, 0.15) is 91.9 Å². The molecule has 0 amide bonds. The van der Waals surface area contributed by atoms with E-state index in [1.807, 2.05) is 0 Å². The molecule has 1 N–H and O–H groups in total. The maximum absolute atomic E-state index is 10.7. The van der Waals surface area contributed by atoms with Crippen molar-refractivity contribution in [3.63, 3.8) is 0 Å². The average Bonchev–Trinajstić information content (AvgIpc) is 2.39. The molecule has 0 saturated heterocycles. The van der Waals surface area contributed by atoms with Gasteiger partial charge in [-0.2, -0.15) is 0 Å². The van der Waals surface area contributed by atoms with E-state index in [2.05, 4.69) is 36.9 Å². The van der Waals surface area contributed by atoms with Crippen LogP contribution in [0, 0.1) is 11.8 Å². The molecular weight excluding hydrogens is 251 g/mol. The molecule has 2 heteroatoms. The third-order valence-corrected chi connectivity index (χ3v) is 4.84. The van der Waals surface area contributed by atoms with Crippen LogP contribution in [-0.2, 0) is 0 Å². The predicted molar refractivity (Wildman–Crippen MR) is 90.5 cm³/mol. The number of hydrogen-bond acceptors (Lipinski definition) is 1. The zero-order valence-corrected chi connectivity index (χ0v) is 14.9. The van der Waals surface area contributed by atoms with E-state index in [-0.39, 0.29) is 0 Å². The molecule has 0 aliphatic heterocycles. The van der Waals surface area contributed by atoms with Gasteiger partial charge in [-0.3, -0.25) is 0 Å². The van der Waals surface area contributed by atoms with Gasteiger partial charge in [-0.1, -0.05) is 79.1 Å². The van der Waals surface area contributed by atoms with Crippen LogP contribution in [0.5, 0.6) is 0 Å². The lowest BCUT2D eigenvalue weighted by molar-refractivity contribution is 0.0725. The van der Waals surface area contributed by atoms with Gasteiger partial charge in [-0.25, -0.2) is 0 Å². The van der Waals surface area contributed by atoms with Crippen LogP contribution in [0.25, 0.3) is 0 Å². The van der Waals surface area contributed by atoms with Crippen LogP contribution < -0.4 is 0 Å². The molecule has 1 nitrogen and oxygen atoms in total. The molecular formula is C17H37OP. The van der Waals surface area contributed by atoms with Crippen molar-refractivity contribution in [3.05, 3.63) is 0 Å². The predicted octanol–water partition coefficient (Wildman–Crippen LogP) is 5.76. The van der Waals surface area contributed by atoms with Gasteiger partial charge in [0.2, 0.25) is 0 Å². The second-order valence-corrected chi connectivity index (χ2v) is 7.42. The van der Waals surface area contributed by atoms with Gasteiger partial charge in [0, 0.05) is 0 Å². The molecule has 3 unspecified atom stereocenters. The Morgan fingerprint density at radius 1 is 0.842 bits per heavy atom. The van der Waals surface area contributed by atoms with Crippen LogP contribution in [0.2, 0.25) is 0 Å². The van der Waals surface area contributed by atoms with E-state index in [1.165, 1.54) is 51.4 Å². The van der Waals surface area contributed by atoms with Crippen molar-refractivity contribution in [2.24, 2.45) is 11.8 Å². The van der Waals surface area contributed by atoms with E-state index < -0.39 is 5.34 Å². The largest absolute Gasteiger partial charge is 0.386 e. The maximum Gasteiger partial charge on any atom is 0.0783 e. The van der Waals surface area contributed by atoms with Gasteiger partial charge >= 0.3 is 0 Å². The molecule has 0 spiro atoms. The van der Waals surface area contributed by atoms with Crippen LogP contribution in [0.15, 0.2) is 0 Å². The van der Waals surface area contributed by atoms with Gasteiger partial charge in [0.25, 0.3) is 0 Å². The Morgan fingerprint density at radius 2 is 1.21 bits per heavy atom. The second-order valence-electron chi connectivity index (χ2n) is 6.34. The Bertz CT molecular complexity index is 183. The summed E-state index contributed by atoms with van der Waals surface area (Å²) in [7, 11) is 2.75. The Balaban J connectivity index is 4.24. The van der Waals surface area contributed by atoms with E-state index in [1.54, 1.807) is 0 Å². The minimum absolute atomic E-state index is 0.539. The lowest BCUT2D eigenvalue weighted by Gasteiger charge is -2.31. The van der Waals surface area contributed by atoms with Crippen molar-refractivity contribution >= 4 is 9.24 Å². The number of aliphatic hydroxyl groups is 1. The monoisotopic (exact) mass is 288 g/mol. The zero-order chi connectivity index (χ0) is 14.7. The van der Waals surface area contributed by atoms with Crippen LogP contribution in [-0.4, -0.2) is 10.4 Å². The Morgan fingerprint density at radius 3 is 1.47 bits per heavy atom. The van der Waals surface area contributed by atoms with Gasteiger partial charge < -0.3 is 5.11 Å². The molecule has 0 aromatic carbocycles. The molecule has 19 heavy (non-hydrogen) atoms. The quantitative estimate of drug-likeness (QED) is 0.452. The van der Waals surface area contributed by atoms with E-state index >= 15 is 0 Å². The van der Waals surface area contributed by atoms with Crippen molar-refractivity contribution in [2.45, 2.75) is 97.2 Å².